The Bertz CT molecular complexity index is 1380. The highest BCUT2D eigenvalue weighted by Crippen LogP contribution is 2.48. The molecule has 8 nitrogen and oxygen atoms in total. The number of hydrogen-bond acceptors (Lipinski definition) is 9. The Morgan fingerprint density at radius 1 is 1.21 bits per heavy atom. The molecule has 2 heterocycles. The predicted molar refractivity (Wildman–Crippen MR) is 150 cm³/mol. The Morgan fingerprint density at radius 2 is 2.00 bits per heavy atom. The van der Waals surface area contributed by atoms with Gasteiger partial charge in [0.1, 0.15) is 5.82 Å². The number of Topliss-reactive ketones (excluding diaryl/α,β-unsaturated/α-hetero) is 1. The molecule has 2 aromatic rings. The second-order valence-electron chi connectivity index (χ2n) is 9.52. The number of allylic oxidation sites excluding steroid dienone is 3. The maximum absolute atomic E-state index is 13.3. The average Bonchev–Trinajstić information content (AvgIpc) is 3.36. The van der Waals surface area contributed by atoms with Gasteiger partial charge in [0.2, 0.25) is 11.0 Å². The van der Waals surface area contributed by atoms with Crippen LogP contribution in [-0.2, 0) is 9.59 Å². The molecular weight excluding hydrogens is 563 g/mol. The van der Waals surface area contributed by atoms with Gasteiger partial charge in [0, 0.05) is 33.8 Å². The second-order valence-corrected chi connectivity index (χ2v) is 12.5. The lowest BCUT2D eigenvalue weighted by Gasteiger charge is -2.38. The lowest BCUT2D eigenvalue weighted by atomic mass is 9.76. The molecule has 3 aliphatic rings. The van der Waals surface area contributed by atoms with Crippen LogP contribution >= 0.6 is 46.3 Å². The van der Waals surface area contributed by atoms with Crippen molar-refractivity contribution in [2.24, 2.45) is 5.73 Å². The number of nitrogens with zero attached hydrogens (tertiary/aromatic N) is 4. The number of carbonyl (C=O) groups is 2. The summed E-state index contributed by atoms with van der Waals surface area (Å²) in [7, 11) is 0. The first-order valence-electron chi connectivity index (χ1n) is 12.5. The van der Waals surface area contributed by atoms with Crippen molar-refractivity contribution in [3.63, 3.8) is 0 Å². The topological polar surface area (TPSA) is 125 Å². The van der Waals surface area contributed by atoms with E-state index in [9.17, 15) is 14.9 Å². The first-order chi connectivity index (χ1) is 18.4. The Labute approximate surface area is 239 Å². The van der Waals surface area contributed by atoms with E-state index in [2.05, 4.69) is 21.6 Å². The molecule has 1 fully saturated rings. The molecule has 198 valence electrons. The Kier molecular flexibility index (Phi) is 8.29. The van der Waals surface area contributed by atoms with Gasteiger partial charge in [0.05, 0.1) is 23.3 Å². The number of benzene rings is 1. The number of amides is 1. The molecule has 5 rings (SSSR count). The number of hydrogen-bond donors (Lipinski definition) is 2. The zero-order valence-electron chi connectivity index (χ0n) is 20.5. The summed E-state index contributed by atoms with van der Waals surface area (Å²) in [5.74, 6) is -0.322. The first-order valence-corrected chi connectivity index (χ1v) is 15.1. The van der Waals surface area contributed by atoms with Gasteiger partial charge in [-0.25, -0.2) is 0 Å². The number of anilines is 1. The Morgan fingerprint density at radius 3 is 2.74 bits per heavy atom. The minimum absolute atomic E-state index is 0.0200. The number of aromatic nitrogens is 2. The zero-order chi connectivity index (χ0) is 26.8. The Balaban J connectivity index is 1.43. The lowest BCUT2D eigenvalue weighted by Crippen LogP contribution is -2.38. The normalized spacial score (nSPS) is 20.4. The molecule has 1 atom stereocenters. The number of rotatable bonds is 6. The van der Waals surface area contributed by atoms with Crippen LogP contribution in [0.15, 0.2) is 45.2 Å². The Hall–Kier alpha value is -2.58. The van der Waals surface area contributed by atoms with Crippen LogP contribution in [0.1, 0.15) is 62.8 Å². The van der Waals surface area contributed by atoms with E-state index in [-0.39, 0.29) is 34.9 Å². The summed E-state index contributed by atoms with van der Waals surface area (Å²) < 4.78 is 0.609. The van der Waals surface area contributed by atoms with Crippen LogP contribution in [0, 0.1) is 11.3 Å². The number of carbonyl (C=O) groups excluding carboxylic acids is 2. The first kappa shape index (κ1) is 27.0. The number of nitrogens with one attached hydrogen (secondary N) is 1. The van der Waals surface area contributed by atoms with Crippen LogP contribution < -0.4 is 16.0 Å². The smallest absolute Gasteiger partial charge is 0.230 e. The van der Waals surface area contributed by atoms with E-state index >= 15 is 0 Å². The van der Waals surface area contributed by atoms with Gasteiger partial charge in [0.25, 0.3) is 0 Å². The minimum Gasteiger partial charge on any atom is -0.384 e. The maximum atomic E-state index is 13.3. The highest BCUT2D eigenvalue weighted by Gasteiger charge is 2.42. The zero-order valence-corrected chi connectivity index (χ0v) is 23.7. The molecule has 0 bridgehead atoms. The van der Waals surface area contributed by atoms with E-state index in [4.69, 9.17) is 28.9 Å². The molecule has 12 heteroatoms. The van der Waals surface area contributed by atoms with E-state index in [0.29, 0.717) is 55.6 Å². The van der Waals surface area contributed by atoms with Gasteiger partial charge in [-0.2, -0.15) is 5.26 Å². The number of halogens is 2. The van der Waals surface area contributed by atoms with Crippen molar-refractivity contribution in [2.75, 3.05) is 10.7 Å². The van der Waals surface area contributed by atoms with Crippen LogP contribution in [0.3, 0.4) is 0 Å². The van der Waals surface area contributed by atoms with Gasteiger partial charge < -0.3 is 11.1 Å². The van der Waals surface area contributed by atoms with Gasteiger partial charge >= 0.3 is 0 Å². The van der Waals surface area contributed by atoms with Gasteiger partial charge in [-0.3, -0.25) is 14.5 Å². The van der Waals surface area contributed by atoms with Gasteiger partial charge in [0.15, 0.2) is 10.1 Å². The van der Waals surface area contributed by atoms with Crippen molar-refractivity contribution in [3.05, 3.63) is 56.5 Å². The highest BCUT2D eigenvalue weighted by molar-refractivity contribution is 8.01. The molecule has 0 radical (unpaired) electrons. The van der Waals surface area contributed by atoms with E-state index < -0.39 is 5.92 Å². The van der Waals surface area contributed by atoms with Gasteiger partial charge in [-0.15, -0.1) is 10.2 Å². The molecule has 1 aromatic heterocycles. The maximum Gasteiger partial charge on any atom is 0.230 e. The van der Waals surface area contributed by atoms with Crippen molar-refractivity contribution in [1.29, 1.82) is 5.26 Å². The number of nitrogens with two attached hydrogens (primary N) is 1. The van der Waals surface area contributed by atoms with E-state index in [1.54, 1.807) is 23.1 Å². The third-order valence-corrected chi connectivity index (χ3v) is 9.68. The third-order valence-electron chi connectivity index (χ3n) is 7.07. The van der Waals surface area contributed by atoms with Crippen molar-refractivity contribution in [3.8, 4) is 6.07 Å². The summed E-state index contributed by atoms with van der Waals surface area (Å²) >= 11 is 15.2. The summed E-state index contributed by atoms with van der Waals surface area (Å²) in [6, 6.07) is 7.49. The summed E-state index contributed by atoms with van der Waals surface area (Å²) in [5, 5.41) is 23.1. The standard InChI is InChI=1S/C26H26Cl2N6O2S2/c27-14-9-10-16(18(28)11-14)22-17(12-29)24(30)34(19-7-4-8-20(35)23(19)22)25-32-33-26(38-25)37-13-21(36)31-15-5-2-1-3-6-15/h9-11,15,22H,1-8,13,30H2,(H,31,36). The molecular formula is C26H26Cl2N6O2S2. The SMILES string of the molecule is N#CC1=C(N)N(c2nnc(SCC(=O)NC3CCCCC3)s2)C2=C(C(=O)CCC2)C1c1ccc(Cl)cc1Cl. The summed E-state index contributed by atoms with van der Waals surface area (Å²) in [5.41, 5.74) is 8.63. The summed E-state index contributed by atoms with van der Waals surface area (Å²) in [6.45, 7) is 0. The quantitative estimate of drug-likeness (QED) is 0.412. The number of thioether (sulfide) groups is 1. The minimum atomic E-state index is -0.686. The number of nitriles is 1. The third kappa shape index (κ3) is 5.43. The van der Waals surface area contributed by atoms with Crippen molar-refractivity contribution in [1.82, 2.24) is 15.5 Å². The largest absolute Gasteiger partial charge is 0.384 e. The molecule has 0 spiro atoms. The van der Waals surface area contributed by atoms with Crippen LogP contribution in [0.2, 0.25) is 10.0 Å². The molecule has 38 heavy (non-hydrogen) atoms. The highest BCUT2D eigenvalue weighted by atomic mass is 35.5. The van der Waals surface area contributed by atoms with E-state index in [1.807, 2.05) is 0 Å². The van der Waals surface area contributed by atoms with Crippen LogP contribution in [0.5, 0.6) is 0 Å². The molecule has 1 saturated carbocycles. The van der Waals surface area contributed by atoms with Crippen molar-refractivity contribution < 1.29 is 9.59 Å². The lowest BCUT2D eigenvalue weighted by molar-refractivity contribution is -0.119. The fourth-order valence-corrected chi connectivity index (χ4v) is 7.56. The second kappa shape index (κ2) is 11.7. The molecule has 1 unspecified atom stereocenters. The van der Waals surface area contributed by atoms with E-state index in [1.165, 1.54) is 29.5 Å². The molecule has 1 aromatic carbocycles. The summed E-state index contributed by atoms with van der Waals surface area (Å²) in [4.78, 5) is 27.4. The fraction of sp³-hybridized carbons (Fsp3) is 0.423. The van der Waals surface area contributed by atoms with Crippen LogP contribution in [0.4, 0.5) is 5.13 Å². The molecule has 2 aliphatic carbocycles. The molecule has 0 saturated heterocycles. The van der Waals surface area contributed by atoms with Crippen molar-refractivity contribution >= 4 is 63.1 Å². The monoisotopic (exact) mass is 588 g/mol. The number of ketones is 1. The fourth-order valence-electron chi connectivity index (χ4n) is 5.35. The van der Waals surface area contributed by atoms with Crippen LogP contribution in [-0.4, -0.2) is 33.7 Å². The predicted octanol–water partition coefficient (Wildman–Crippen LogP) is 5.69. The molecule has 1 amide bonds. The van der Waals surface area contributed by atoms with E-state index in [0.717, 1.165) is 25.7 Å². The molecule has 3 N–H and O–H groups in total. The van der Waals surface area contributed by atoms with Crippen molar-refractivity contribution in [2.45, 2.75) is 67.7 Å². The molecule has 1 aliphatic heterocycles. The van der Waals surface area contributed by atoms with Gasteiger partial charge in [-0.1, -0.05) is 71.6 Å². The summed E-state index contributed by atoms with van der Waals surface area (Å²) in [6.07, 6.45) is 7.21. The van der Waals surface area contributed by atoms with Crippen LogP contribution in [0.25, 0.3) is 0 Å². The van der Waals surface area contributed by atoms with Gasteiger partial charge in [-0.05, 0) is 43.4 Å². The average molecular weight is 590 g/mol.